The molecule has 1 heterocycles. The molecule has 2 rings (SSSR count). The second-order valence-electron chi connectivity index (χ2n) is 4.05. The van der Waals surface area contributed by atoms with Gasteiger partial charge in [0.1, 0.15) is 18.4 Å². The Bertz CT molecular complexity index is 507. The summed E-state index contributed by atoms with van der Waals surface area (Å²) in [6.07, 6.45) is 0.497. The third kappa shape index (κ3) is 2.31. The Morgan fingerprint density at radius 3 is 2.83 bits per heavy atom. The van der Waals surface area contributed by atoms with Crippen LogP contribution in [-0.4, -0.2) is 24.4 Å². The molecule has 0 aromatic heterocycles. The lowest BCUT2D eigenvalue weighted by molar-refractivity contribution is -0.131. The number of halogens is 2. The Morgan fingerprint density at radius 1 is 1.50 bits per heavy atom. The summed E-state index contributed by atoms with van der Waals surface area (Å²) in [6, 6.07) is 3.50. The van der Waals surface area contributed by atoms with Gasteiger partial charge in [-0.05, 0) is 24.6 Å². The SMILES string of the molecule is CCC1NC(=O)CN(c2ccc(Cl)c(F)c2)C1=O. The van der Waals surface area contributed by atoms with Crippen molar-refractivity contribution in [2.45, 2.75) is 19.4 Å². The molecular formula is C12H12ClFN2O2. The average Bonchev–Trinajstić information content (AvgIpc) is 2.35. The fourth-order valence-corrected chi connectivity index (χ4v) is 1.98. The number of nitrogens with one attached hydrogen (secondary N) is 1. The minimum Gasteiger partial charge on any atom is -0.343 e. The number of carbonyl (C=O) groups excluding carboxylic acids is 2. The smallest absolute Gasteiger partial charge is 0.250 e. The summed E-state index contributed by atoms with van der Waals surface area (Å²) in [5.41, 5.74) is 0.343. The number of hydrogen-bond donors (Lipinski definition) is 1. The fraction of sp³-hybridized carbons (Fsp3) is 0.333. The molecule has 6 heteroatoms. The van der Waals surface area contributed by atoms with E-state index in [9.17, 15) is 14.0 Å². The summed E-state index contributed by atoms with van der Waals surface area (Å²) >= 11 is 5.58. The Morgan fingerprint density at radius 2 is 2.22 bits per heavy atom. The monoisotopic (exact) mass is 270 g/mol. The fourth-order valence-electron chi connectivity index (χ4n) is 1.86. The van der Waals surface area contributed by atoms with Crippen LogP contribution in [0.5, 0.6) is 0 Å². The van der Waals surface area contributed by atoms with Crippen LogP contribution in [0.25, 0.3) is 0 Å². The number of carbonyl (C=O) groups is 2. The Balaban J connectivity index is 2.33. The van der Waals surface area contributed by atoms with Crippen LogP contribution in [0.2, 0.25) is 5.02 Å². The Kier molecular flexibility index (Phi) is 3.52. The minimum atomic E-state index is -0.610. The minimum absolute atomic E-state index is 0.0142. The lowest BCUT2D eigenvalue weighted by atomic mass is 10.1. The number of nitrogens with zero attached hydrogens (tertiary/aromatic N) is 1. The lowest BCUT2D eigenvalue weighted by Crippen LogP contribution is -2.58. The highest BCUT2D eigenvalue weighted by molar-refractivity contribution is 6.30. The molecule has 1 unspecified atom stereocenters. The molecule has 2 amide bonds. The van der Waals surface area contributed by atoms with E-state index in [1.807, 2.05) is 0 Å². The Labute approximate surface area is 109 Å². The van der Waals surface area contributed by atoms with E-state index in [1.54, 1.807) is 6.92 Å². The van der Waals surface area contributed by atoms with E-state index >= 15 is 0 Å². The van der Waals surface area contributed by atoms with Gasteiger partial charge in [-0.25, -0.2) is 4.39 Å². The number of amides is 2. The molecule has 1 aromatic carbocycles. The molecule has 1 saturated heterocycles. The summed E-state index contributed by atoms with van der Waals surface area (Å²) in [7, 11) is 0. The maximum atomic E-state index is 13.4. The van der Waals surface area contributed by atoms with Crippen molar-refractivity contribution in [2.24, 2.45) is 0 Å². The molecule has 0 aliphatic carbocycles. The predicted octanol–water partition coefficient (Wildman–Crippen LogP) is 1.72. The maximum Gasteiger partial charge on any atom is 0.250 e. The van der Waals surface area contributed by atoms with Gasteiger partial charge < -0.3 is 10.2 Å². The van der Waals surface area contributed by atoms with Gasteiger partial charge in [0.25, 0.3) is 0 Å². The van der Waals surface area contributed by atoms with Crippen molar-refractivity contribution >= 4 is 29.1 Å². The van der Waals surface area contributed by atoms with Gasteiger partial charge >= 0.3 is 0 Å². The Hall–Kier alpha value is -1.62. The molecule has 1 fully saturated rings. The van der Waals surface area contributed by atoms with Gasteiger partial charge in [-0.3, -0.25) is 9.59 Å². The van der Waals surface area contributed by atoms with Crippen molar-refractivity contribution in [3.63, 3.8) is 0 Å². The first-order chi connectivity index (χ1) is 8.52. The van der Waals surface area contributed by atoms with Crippen LogP contribution >= 0.6 is 11.6 Å². The van der Waals surface area contributed by atoms with Crippen LogP contribution in [0.3, 0.4) is 0 Å². The van der Waals surface area contributed by atoms with Gasteiger partial charge in [0.05, 0.1) is 5.02 Å². The molecule has 0 bridgehead atoms. The molecule has 1 aliphatic rings. The van der Waals surface area contributed by atoms with Gasteiger partial charge in [0, 0.05) is 5.69 Å². The second-order valence-corrected chi connectivity index (χ2v) is 4.46. The van der Waals surface area contributed by atoms with Crippen LogP contribution in [-0.2, 0) is 9.59 Å². The number of piperazine rings is 1. The third-order valence-electron chi connectivity index (χ3n) is 2.82. The van der Waals surface area contributed by atoms with Crippen LogP contribution in [0.15, 0.2) is 18.2 Å². The maximum absolute atomic E-state index is 13.4. The quantitative estimate of drug-likeness (QED) is 0.890. The summed E-state index contributed by atoms with van der Waals surface area (Å²) in [4.78, 5) is 24.8. The number of hydrogen-bond acceptors (Lipinski definition) is 2. The third-order valence-corrected chi connectivity index (χ3v) is 3.13. The first-order valence-electron chi connectivity index (χ1n) is 5.58. The molecular weight excluding hydrogens is 259 g/mol. The van der Waals surface area contributed by atoms with Crippen molar-refractivity contribution in [3.05, 3.63) is 29.0 Å². The normalized spacial score (nSPS) is 19.9. The number of rotatable bonds is 2. The summed E-state index contributed by atoms with van der Waals surface area (Å²) < 4.78 is 13.4. The van der Waals surface area contributed by atoms with Crippen LogP contribution < -0.4 is 10.2 Å². The largest absolute Gasteiger partial charge is 0.343 e. The molecule has 1 N–H and O–H groups in total. The molecule has 4 nitrogen and oxygen atoms in total. The van der Waals surface area contributed by atoms with E-state index < -0.39 is 11.9 Å². The molecule has 1 aromatic rings. The first kappa shape index (κ1) is 12.8. The topological polar surface area (TPSA) is 49.4 Å². The molecule has 96 valence electrons. The van der Waals surface area contributed by atoms with E-state index in [0.717, 1.165) is 6.07 Å². The first-order valence-corrected chi connectivity index (χ1v) is 5.96. The molecule has 1 aliphatic heterocycles. The van der Waals surface area contributed by atoms with Gasteiger partial charge in [-0.1, -0.05) is 18.5 Å². The van der Waals surface area contributed by atoms with Gasteiger partial charge in [0.15, 0.2) is 0 Å². The van der Waals surface area contributed by atoms with Crippen LogP contribution in [0.1, 0.15) is 13.3 Å². The van der Waals surface area contributed by atoms with Crippen molar-refractivity contribution < 1.29 is 14.0 Å². The molecule has 0 saturated carbocycles. The summed E-state index contributed by atoms with van der Waals surface area (Å²) in [5.74, 6) is -1.10. The molecule has 0 radical (unpaired) electrons. The molecule has 1 atom stereocenters. The van der Waals surface area contributed by atoms with E-state index in [-0.39, 0.29) is 23.4 Å². The average molecular weight is 271 g/mol. The van der Waals surface area contributed by atoms with Gasteiger partial charge in [0.2, 0.25) is 11.8 Å². The number of anilines is 1. The highest BCUT2D eigenvalue weighted by Gasteiger charge is 2.32. The lowest BCUT2D eigenvalue weighted by Gasteiger charge is -2.32. The van der Waals surface area contributed by atoms with Gasteiger partial charge in [-0.2, -0.15) is 0 Å². The number of benzene rings is 1. The van der Waals surface area contributed by atoms with E-state index in [1.165, 1.54) is 17.0 Å². The molecule has 0 spiro atoms. The highest BCUT2D eigenvalue weighted by Crippen LogP contribution is 2.23. The standard InChI is InChI=1S/C12H12ClFN2O2/c1-2-10-12(18)16(6-11(17)15-10)7-3-4-8(13)9(14)5-7/h3-5,10H,2,6H2,1H3,(H,15,17). The zero-order valence-corrected chi connectivity index (χ0v) is 10.5. The second kappa shape index (κ2) is 4.94. The van der Waals surface area contributed by atoms with Crippen molar-refractivity contribution in [3.8, 4) is 0 Å². The van der Waals surface area contributed by atoms with Crippen LogP contribution in [0, 0.1) is 5.82 Å². The van der Waals surface area contributed by atoms with Crippen molar-refractivity contribution in [1.29, 1.82) is 0 Å². The van der Waals surface area contributed by atoms with Crippen molar-refractivity contribution in [2.75, 3.05) is 11.4 Å². The predicted molar refractivity (Wildman–Crippen MR) is 66.0 cm³/mol. The summed E-state index contributed by atoms with van der Waals surface area (Å²) in [5, 5.41) is 2.58. The van der Waals surface area contributed by atoms with Crippen molar-refractivity contribution in [1.82, 2.24) is 5.32 Å². The van der Waals surface area contributed by atoms with E-state index in [0.29, 0.717) is 12.1 Å². The zero-order valence-electron chi connectivity index (χ0n) is 9.74. The van der Waals surface area contributed by atoms with E-state index in [4.69, 9.17) is 11.6 Å². The van der Waals surface area contributed by atoms with Gasteiger partial charge in [-0.15, -0.1) is 0 Å². The summed E-state index contributed by atoms with van der Waals surface area (Å²) in [6.45, 7) is 1.70. The van der Waals surface area contributed by atoms with Crippen LogP contribution in [0.4, 0.5) is 10.1 Å². The molecule has 18 heavy (non-hydrogen) atoms. The van der Waals surface area contributed by atoms with E-state index in [2.05, 4.69) is 5.32 Å². The highest BCUT2D eigenvalue weighted by atomic mass is 35.5. The zero-order chi connectivity index (χ0) is 13.3.